The Balaban J connectivity index is 2.18. The summed E-state index contributed by atoms with van der Waals surface area (Å²) in [5.41, 5.74) is -0.852. The van der Waals surface area contributed by atoms with Crippen LogP contribution in [0, 0.1) is 5.41 Å². The second kappa shape index (κ2) is 5.48. The van der Waals surface area contributed by atoms with Crippen LogP contribution in [0.25, 0.3) is 0 Å². The van der Waals surface area contributed by atoms with E-state index in [0.29, 0.717) is 12.8 Å². The third-order valence-corrected chi connectivity index (χ3v) is 4.05. The van der Waals surface area contributed by atoms with Gasteiger partial charge in [-0.15, -0.1) is 0 Å². The summed E-state index contributed by atoms with van der Waals surface area (Å²) < 4.78 is 0. The van der Waals surface area contributed by atoms with Crippen LogP contribution in [-0.2, 0) is 4.79 Å². The van der Waals surface area contributed by atoms with E-state index in [4.69, 9.17) is 0 Å². The summed E-state index contributed by atoms with van der Waals surface area (Å²) in [7, 11) is 0. The molecule has 0 saturated heterocycles. The summed E-state index contributed by atoms with van der Waals surface area (Å²) in [5.74, 6) is -1.58. The Hall–Kier alpha value is -2.11. The van der Waals surface area contributed by atoms with Crippen LogP contribution in [-0.4, -0.2) is 33.1 Å². The summed E-state index contributed by atoms with van der Waals surface area (Å²) in [5, 5.41) is 21.7. The molecule has 1 heterocycles. The van der Waals surface area contributed by atoms with Gasteiger partial charge in [0, 0.05) is 12.2 Å². The third kappa shape index (κ3) is 2.59. The first-order chi connectivity index (χ1) is 9.45. The number of hydrogen-bond acceptors (Lipinski definition) is 4. The molecule has 1 aromatic rings. The summed E-state index contributed by atoms with van der Waals surface area (Å²) in [6.07, 6.45) is 5.49. The van der Waals surface area contributed by atoms with E-state index in [1.165, 1.54) is 18.5 Å². The number of aliphatic carboxylic acids is 1. The number of carbonyl (C=O) groups is 2. The average Bonchev–Trinajstić information content (AvgIpc) is 2.41. The average molecular weight is 278 g/mol. The fourth-order valence-electron chi connectivity index (χ4n) is 2.64. The summed E-state index contributed by atoms with van der Waals surface area (Å²) in [6, 6.07) is 0.972. The first-order valence-corrected chi connectivity index (χ1v) is 6.62. The molecule has 6 heteroatoms. The maximum Gasteiger partial charge on any atom is 0.311 e. The van der Waals surface area contributed by atoms with Gasteiger partial charge in [0.05, 0.1) is 17.2 Å². The Kier molecular flexibility index (Phi) is 3.92. The van der Waals surface area contributed by atoms with Gasteiger partial charge in [0.15, 0.2) is 0 Å². The number of carboxylic acid groups (broad SMARTS) is 1. The van der Waals surface area contributed by atoms with E-state index in [-0.39, 0.29) is 11.3 Å². The molecule has 0 aliphatic heterocycles. The standard InChI is InChI=1S/C14H18N2O4/c1-14(13(19)20)6-3-2-4-11(14)16-12(18)9-5-7-15-8-10(9)17/h5,7-8,11,17H,2-4,6H2,1H3,(H,16,18)(H,19,20). The number of carbonyl (C=O) groups excluding carboxylic acids is 1. The van der Waals surface area contributed by atoms with E-state index in [0.717, 1.165) is 12.8 Å². The van der Waals surface area contributed by atoms with E-state index in [1.807, 2.05) is 0 Å². The largest absolute Gasteiger partial charge is 0.505 e. The first kappa shape index (κ1) is 14.3. The van der Waals surface area contributed by atoms with Gasteiger partial charge in [-0.05, 0) is 25.8 Å². The van der Waals surface area contributed by atoms with E-state index in [1.54, 1.807) is 6.92 Å². The molecule has 1 fully saturated rings. The minimum absolute atomic E-state index is 0.110. The number of rotatable bonds is 3. The number of pyridine rings is 1. The lowest BCUT2D eigenvalue weighted by Gasteiger charge is -2.38. The van der Waals surface area contributed by atoms with Crippen molar-refractivity contribution in [1.82, 2.24) is 10.3 Å². The molecule has 0 spiro atoms. The van der Waals surface area contributed by atoms with Crippen molar-refractivity contribution in [2.75, 3.05) is 0 Å². The Morgan fingerprint density at radius 2 is 2.20 bits per heavy atom. The van der Waals surface area contributed by atoms with Crippen LogP contribution >= 0.6 is 0 Å². The fourth-order valence-corrected chi connectivity index (χ4v) is 2.64. The van der Waals surface area contributed by atoms with Crippen LogP contribution in [0.1, 0.15) is 43.0 Å². The van der Waals surface area contributed by atoms with Gasteiger partial charge in [0.2, 0.25) is 0 Å². The number of aromatic hydroxyl groups is 1. The quantitative estimate of drug-likeness (QED) is 0.779. The van der Waals surface area contributed by atoms with Gasteiger partial charge >= 0.3 is 5.97 Å². The molecule has 108 valence electrons. The lowest BCUT2D eigenvalue weighted by molar-refractivity contribution is -0.151. The Morgan fingerprint density at radius 3 is 2.85 bits per heavy atom. The molecule has 0 aromatic carbocycles. The molecule has 3 N–H and O–H groups in total. The molecular formula is C14H18N2O4. The summed E-state index contributed by atoms with van der Waals surface area (Å²) >= 11 is 0. The van der Waals surface area contributed by atoms with Gasteiger partial charge in [-0.2, -0.15) is 0 Å². The lowest BCUT2D eigenvalue weighted by Crippen LogP contribution is -2.52. The second-order valence-corrected chi connectivity index (χ2v) is 5.39. The zero-order valence-electron chi connectivity index (χ0n) is 11.3. The van der Waals surface area contributed by atoms with Crippen molar-refractivity contribution in [3.63, 3.8) is 0 Å². The molecule has 1 aliphatic carbocycles. The minimum Gasteiger partial charge on any atom is -0.505 e. The molecule has 1 aromatic heterocycles. The predicted octanol–water partition coefficient (Wildman–Crippen LogP) is 1.55. The molecule has 1 amide bonds. The molecule has 1 aliphatic rings. The highest BCUT2D eigenvalue weighted by molar-refractivity contribution is 5.97. The molecule has 20 heavy (non-hydrogen) atoms. The van der Waals surface area contributed by atoms with Crippen LogP contribution in [0.5, 0.6) is 5.75 Å². The highest BCUT2D eigenvalue weighted by atomic mass is 16.4. The van der Waals surface area contributed by atoms with Gasteiger partial charge in [0.1, 0.15) is 5.75 Å². The van der Waals surface area contributed by atoms with Gasteiger partial charge < -0.3 is 15.5 Å². The van der Waals surface area contributed by atoms with Gasteiger partial charge in [-0.3, -0.25) is 14.6 Å². The van der Waals surface area contributed by atoms with Crippen molar-refractivity contribution in [2.45, 2.75) is 38.6 Å². The number of amides is 1. The second-order valence-electron chi connectivity index (χ2n) is 5.39. The van der Waals surface area contributed by atoms with Crippen LogP contribution in [0.4, 0.5) is 0 Å². The van der Waals surface area contributed by atoms with Crippen LogP contribution in [0.2, 0.25) is 0 Å². The van der Waals surface area contributed by atoms with Gasteiger partial charge in [0.25, 0.3) is 5.91 Å². The number of nitrogens with one attached hydrogen (secondary N) is 1. The van der Waals surface area contributed by atoms with Crippen LogP contribution in [0.3, 0.4) is 0 Å². The first-order valence-electron chi connectivity index (χ1n) is 6.62. The normalized spacial score (nSPS) is 25.9. The number of aromatic nitrogens is 1. The van der Waals surface area contributed by atoms with Gasteiger partial charge in [-0.25, -0.2) is 0 Å². The van der Waals surface area contributed by atoms with Gasteiger partial charge in [-0.1, -0.05) is 12.8 Å². The Bertz CT molecular complexity index is 532. The number of carboxylic acids is 1. The van der Waals surface area contributed by atoms with Crippen molar-refractivity contribution < 1.29 is 19.8 Å². The van der Waals surface area contributed by atoms with E-state index in [2.05, 4.69) is 10.3 Å². The van der Waals surface area contributed by atoms with Crippen LogP contribution in [0.15, 0.2) is 18.5 Å². The Morgan fingerprint density at radius 1 is 1.45 bits per heavy atom. The number of nitrogens with zero attached hydrogens (tertiary/aromatic N) is 1. The maximum atomic E-state index is 12.2. The predicted molar refractivity (Wildman–Crippen MR) is 71.4 cm³/mol. The van der Waals surface area contributed by atoms with E-state index < -0.39 is 23.3 Å². The zero-order valence-corrected chi connectivity index (χ0v) is 11.3. The monoisotopic (exact) mass is 278 g/mol. The highest BCUT2D eigenvalue weighted by Crippen LogP contribution is 2.36. The molecule has 2 rings (SSSR count). The molecule has 0 radical (unpaired) electrons. The van der Waals surface area contributed by atoms with Crippen molar-refractivity contribution in [3.8, 4) is 5.75 Å². The van der Waals surface area contributed by atoms with Crippen molar-refractivity contribution >= 4 is 11.9 Å². The lowest BCUT2D eigenvalue weighted by atomic mass is 9.71. The van der Waals surface area contributed by atoms with Crippen molar-refractivity contribution in [2.24, 2.45) is 5.41 Å². The molecule has 6 nitrogen and oxygen atoms in total. The molecule has 2 atom stereocenters. The minimum atomic E-state index is -0.962. The topological polar surface area (TPSA) is 99.5 Å². The molecule has 0 bridgehead atoms. The highest BCUT2D eigenvalue weighted by Gasteiger charge is 2.44. The zero-order chi connectivity index (χ0) is 14.8. The molecule has 1 saturated carbocycles. The third-order valence-electron chi connectivity index (χ3n) is 4.05. The number of hydrogen-bond donors (Lipinski definition) is 3. The van der Waals surface area contributed by atoms with Crippen LogP contribution < -0.4 is 5.32 Å². The molecule has 2 unspecified atom stereocenters. The maximum absolute atomic E-state index is 12.2. The van der Waals surface area contributed by atoms with E-state index >= 15 is 0 Å². The summed E-state index contributed by atoms with van der Waals surface area (Å²) in [6.45, 7) is 1.66. The fraction of sp³-hybridized carbons (Fsp3) is 0.500. The van der Waals surface area contributed by atoms with E-state index in [9.17, 15) is 19.8 Å². The SMILES string of the molecule is CC1(C(=O)O)CCCCC1NC(=O)c1ccncc1O. The molecular weight excluding hydrogens is 260 g/mol. The Labute approximate surface area is 116 Å². The van der Waals surface area contributed by atoms with Crippen molar-refractivity contribution in [3.05, 3.63) is 24.0 Å². The summed E-state index contributed by atoms with van der Waals surface area (Å²) in [4.78, 5) is 27.3. The smallest absolute Gasteiger partial charge is 0.311 e. The van der Waals surface area contributed by atoms with Crippen molar-refractivity contribution in [1.29, 1.82) is 0 Å².